The van der Waals surface area contributed by atoms with Gasteiger partial charge < -0.3 is 5.32 Å². The lowest BCUT2D eigenvalue weighted by Crippen LogP contribution is -2.05. The first-order valence-corrected chi connectivity index (χ1v) is 8.92. The fourth-order valence-electron chi connectivity index (χ4n) is 1.59. The van der Waals surface area contributed by atoms with Gasteiger partial charge in [0.05, 0.1) is 5.75 Å². The van der Waals surface area contributed by atoms with Crippen LogP contribution in [0.4, 0.5) is 5.69 Å². The molecule has 0 aromatic heterocycles. The Bertz CT molecular complexity index is 526. The zero-order valence-electron chi connectivity index (χ0n) is 11.3. The first-order valence-electron chi connectivity index (χ1n) is 6.32. The van der Waals surface area contributed by atoms with E-state index in [1.54, 1.807) is 11.8 Å². The Balaban J connectivity index is 2.20. The summed E-state index contributed by atoms with van der Waals surface area (Å²) in [4.78, 5) is 12.0. The maximum atomic E-state index is 10.9. The van der Waals surface area contributed by atoms with Crippen molar-refractivity contribution in [3.05, 3.63) is 24.3 Å². The summed E-state index contributed by atoms with van der Waals surface area (Å²) in [5, 5.41) is 2.70. The number of carbonyl (C=O) groups excluding carboxylic acids is 1. The number of carbonyl (C=O) groups is 1. The summed E-state index contributed by atoms with van der Waals surface area (Å²) in [6, 6.07) is 7.58. The quantitative estimate of drug-likeness (QED) is 0.437. The number of rotatable bonds is 8. The number of thioether (sulfide) groups is 1. The molecule has 2 N–H and O–H groups in total. The summed E-state index contributed by atoms with van der Waals surface area (Å²) in [5.74, 6) is 0.637. The molecule has 0 aliphatic carbocycles. The van der Waals surface area contributed by atoms with E-state index >= 15 is 0 Å². The predicted octanol–water partition coefficient (Wildman–Crippen LogP) is 2.80. The van der Waals surface area contributed by atoms with Crippen molar-refractivity contribution in [3.8, 4) is 0 Å². The van der Waals surface area contributed by atoms with Gasteiger partial charge in [0.1, 0.15) is 0 Å². The van der Waals surface area contributed by atoms with Crippen LogP contribution in [0.2, 0.25) is 0 Å². The number of hydrogen-bond acceptors (Lipinski definition) is 4. The van der Waals surface area contributed by atoms with Crippen LogP contribution in [0.5, 0.6) is 0 Å². The van der Waals surface area contributed by atoms with E-state index in [2.05, 4.69) is 5.32 Å². The van der Waals surface area contributed by atoms with Gasteiger partial charge in [0.25, 0.3) is 10.1 Å². The Morgan fingerprint density at radius 1 is 1.20 bits per heavy atom. The Hall–Kier alpha value is -1.05. The van der Waals surface area contributed by atoms with E-state index in [1.165, 1.54) is 6.92 Å². The number of amides is 1. The largest absolute Gasteiger partial charge is 0.326 e. The number of hydrogen-bond donors (Lipinski definition) is 2. The molecule has 0 spiro atoms. The third-order valence-corrected chi connectivity index (χ3v) is 4.39. The molecule has 7 heteroatoms. The summed E-state index contributed by atoms with van der Waals surface area (Å²) in [5.41, 5.74) is 0.773. The highest BCUT2D eigenvalue weighted by atomic mass is 32.2. The smallest absolute Gasteiger partial charge is 0.264 e. The highest BCUT2D eigenvalue weighted by Crippen LogP contribution is 2.21. The maximum absolute atomic E-state index is 10.9. The number of benzene rings is 1. The molecule has 0 aliphatic heterocycles. The van der Waals surface area contributed by atoms with Gasteiger partial charge in [0.15, 0.2) is 0 Å². The van der Waals surface area contributed by atoms with Crippen molar-refractivity contribution in [1.29, 1.82) is 0 Å². The van der Waals surface area contributed by atoms with Crippen molar-refractivity contribution in [1.82, 2.24) is 0 Å². The van der Waals surface area contributed by atoms with Crippen LogP contribution in [0.15, 0.2) is 29.2 Å². The molecule has 1 amide bonds. The van der Waals surface area contributed by atoms with Crippen LogP contribution in [0.3, 0.4) is 0 Å². The minimum Gasteiger partial charge on any atom is -0.326 e. The summed E-state index contributed by atoms with van der Waals surface area (Å²) < 4.78 is 29.6. The Morgan fingerprint density at radius 3 is 2.40 bits per heavy atom. The van der Waals surface area contributed by atoms with Gasteiger partial charge in [0, 0.05) is 17.5 Å². The molecule has 20 heavy (non-hydrogen) atoms. The van der Waals surface area contributed by atoms with Gasteiger partial charge in [-0.25, -0.2) is 0 Å². The van der Waals surface area contributed by atoms with Gasteiger partial charge >= 0.3 is 0 Å². The molecule has 1 rings (SSSR count). The van der Waals surface area contributed by atoms with Gasteiger partial charge in [-0.1, -0.05) is 6.42 Å². The fraction of sp³-hybridized carbons (Fsp3) is 0.462. The van der Waals surface area contributed by atoms with Gasteiger partial charge in [-0.15, -0.1) is 11.8 Å². The highest BCUT2D eigenvalue weighted by Gasteiger charge is 2.03. The monoisotopic (exact) mass is 317 g/mol. The second-order valence-electron chi connectivity index (χ2n) is 4.40. The normalized spacial score (nSPS) is 11.3. The minimum atomic E-state index is -3.82. The van der Waals surface area contributed by atoms with Gasteiger partial charge in [-0.3, -0.25) is 9.35 Å². The molecule has 0 atom stereocenters. The molecule has 0 bridgehead atoms. The van der Waals surface area contributed by atoms with Crippen molar-refractivity contribution in [2.75, 3.05) is 16.8 Å². The summed E-state index contributed by atoms with van der Waals surface area (Å²) in [7, 11) is -3.82. The van der Waals surface area contributed by atoms with Crippen molar-refractivity contribution in [3.63, 3.8) is 0 Å². The molecular formula is C13H19NO4S2. The third-order valence-electron chi connectivity index (χ3n) is 2.49. The Morgan fingerprint density at radius 2 is 1.85 bits per heavy atom. The molecule has 1 aromatic rings. The molecular weight excluding hydrogens is 298 g/mol. The van der Waals surface area contributed by atoms with E-state index in [4.69, 9.17) is 4.55 Å². The summed E-state index contributed by atoms with van der Waals surface area (Å²) in [6.45, 7) is 1.47. The van der Waals surface area contributed by atoms with Crippen LogP contribution in [-0.4, -0.2) is 30.4 Å². The lowest BCUT2D eigenvalue weighted by Gasteiger charge is -2.04. The Labute approximate surface area is 123 Å². The number of anilines is 1. The van der Waals surface area contributed by atoms with Crippen LogP contribution >= 0.6 is 11.8 Å². The topological polar surface area (TPSA) is 83.5 Å². The molecule has 1 aromatic carbocycles. The van der Waals surface area contributed by atoms with Crippen molar-refractivity contribution in [2.45, 2.75) is 31.1 Å². The summed E-state index contributed by atoms with van der Waals surface area (Å²) in [6.07, 6.45) is 2.16. The Kier molecular flexibility index (Phi) is 7.04. The van der Waals surface area contributed by atoms with E-state index < -0.39 is 10.1 Å². The molecule has 112 valence electrons. The van der Waals surface area contributed by atoms with Gasteiger partial charge in [0.2, 0.25) is 5.91 Å². The number of nitrogens with one attached hydrogen (secondary N) is 1. The number of unbranched alkanes of at least 4 members (excludes halogenated alkanes) is 2. The average molecular weight is 317 g/mol. The molecule has 0 radical (unpaired) electrons. The van der Waals surface area contributed by atoms with Crippen molar-refractivity contribution in [2.24, 2.45) is 0 Å². The van der Waals surface area contributed by atoms with E-state index in [-0.39, 0.29) is 11.7 Å². The second-order valence-corrected chi connectivity index (χ2v) is 7.14. The first kappa shape index (κ1) is 17.0. The van der Waals surface area contributed by atoms with E-state index in [9.17, 15) is 13.2 Å². The molecule has 0 heterocycles. The lowest BCUT2D eigenvalue weighted by molar-refractivity contribution is -0.114. The van der Waals surface area contributed by atoms with Crippen LogP contribution in [0.25, 0.3) is 0 Å². The SMILES string of the molecule is CC(=O)Nc1ccc(SCCCCCS(=O)(=O)O)cc1. The third kappa shape index (κ3) is 8.19. The zero-order valence-corrected chi connectivity index (χ0v) is 13.0. The molecule has 0 aliphatic rings. The van der Waals surface area contributed by atoms with Crippen LogP contribution in [-0.2, 0) is 14.9 Å². The van der Waals surface area contributed by atoms with Crippen LogP contribution in [0, 0.1) is 0 Å². The van der Waals surface area contributed by atoms with Crippen molar-refractivity contribution >= 4 is 33.5 Å². The fourth-order valence-corrected chi connectivity index (χ4v) is 3.07. The molecule has 0 fully saturated rings. The minimum absolute atomic E-state index is 0.0933. The first-order chi connectivity index (χ1) is 9.37. The predicted molar refractivity (Wildman–Crippen MR) is 81.7 cm³/mol. The van der Waals surface area contributed by atoms with Crippen LogP contribution in [0.1, 0.15) is 26.2 Å². The highest BCUT2D eigenvalue weighted by molar-refractivity contribution is 7.99. The zero-order chi connectivity index (χ0) is 15.0. The van der Waals surface area contributed by atoms with E-state index in [1.807, 2.05) is 24.3 Å². The van der Waals surface area contributed by atoms with Crippen LogP contribution < -0.4 is 5.32 Å². The second kappa shape index (κ2) is 8.28. The van der Waals surface area contributed by atoms with Crippen molar-refractivity contribution < 1.29 is 17.8 Å². The molecule has 0 unspecified atom stereocenters. The van der Waals surface area contributed by atoms with Gasteiger partial charge in [-0.05, 0) is 42.9 Å². The standard InChI is InChI=1S/C13H19NO4S2/c1-11(15)14-12-5-7-13(8-6-12)19-9-3-2-4-10-20(16,17)18/h5-8H,2-4,9-10H2,1H3,(H,14,15)(H,16,17,18). The van der Waals surface area contributed by atoms with E-state index in [0.717, 1.165) is 29.2 Å². The molecule has 0 saturated carbocycles. The van der Waals surface area contributed by atoms with Gasteiger partial charge in [-0.2, -0.15) is 8.42 Å². The summed E-state index contributed by atoms with van der Waals surface area (Å²) >= 11 is 1.68. The molecule has 5 nitrogen and oxygen atoms in total. The lowest BCUT2D eigenvalue weighted by atomic mass is 10.3. The molecule has 0 saturated heterocycles. The van der Waals surface area contributed by atoms with E-state index in [0.29, 0.717) is 6.42 Å². The average Bonchev–Trinajstić information content (AvgIpc) is 2.33. The maximum Gasteiger partial charge on any atom is 0.264 e.